The molecule has 35 heavy (non-hydrogen) atoms. The summed E-state index contributed by atoms with van der Waals surface area (Å²) in [6.07, 6.45) is 2.58. The summed E-state index contributed by atoms with van der Waals surface area (Å²) < 4.78 is 7.68. The highest BCUT2D eigenvalue weighted by atomic mass is 35.5. The summed E-state index contributed by atoms with van der Waals surface area (Å²) in [5.41, 5.74) is 4.52. The first-order valence-corrected chi connectivity index (χ1v) is 12.4. The highest BCUT2D eigenvalue weighted by Gasteiger charge is 2.27. The molecular weight excluding hydrogens is 458 g/mol. The molecule has 1 aromatic heterocycles. The highest BCUT2D eigenvalue weighted by Crippen LogP contribution is 2.36. The first-order valence-electron chi connectivity index (χ1n) is 12.0. The molecule has 4 aromatic rings. The minimum Gasteiger partial charge on any atom is -0.495 e. The van der Waals surface area contributed by atoms with Crippen LogP contribution in [-0.4, -0.2) is 48.7 Å². The van der Waals surface area contributed by atoms with E-state index in [2.05, 4.69) is 53.0 Å². The molecule has 0 unspecified atom stereocenters. The lowest BCUT2D eigenvalue weighted by atomic mass is 9.87. The summed E-state index contributed by atoms with van der Waals surface area (Å²) in [5, 5.41) is 1.88. The molecule has 5 rings (SSSR count). The third-order valence-electron chi connectivity index (χ3n) is 7.01. The Morgan fingerprint density at radius 2 is 1.63 bits per heavy atom. The highest BCUT2D eigenvalue weighted by molar-refractivity contribution is 6.30. The van der Waals surface area contributed by atoms with Crippen LogP contribution in [0.2, 0.25) is 5.02 Å². The molecule has 0 saturated carbocycles. The first kappa shape index (κ1) is 23.3. The smallest absolute Gasteiger partial charge is 0.223 e. The number of anilines is 1. The zero-order valence-corrected chi connectivity index (χ0v) is 20.9. The van der Waals surface area contributed by atoms with Crippen LogP contribution in [0.1, 0.15) is 23.5 Å². The largest absolute Gasteiger partial charge is 0.495 e. The van der Waals surface area contributed by atoms with Crippen molar-refractivity contribution < 1.29 is 9.53 Å². The van der Waals surface area contributed by atoms with E-state index in [9.17, 15) is 4.79 Å². The molecule has 1 aliphatic rings. The van der Waals surface area contributed by atoms with E-state index in [0.29, 0.717) is 24.5 Å². The van der Waals surface area contributed by atoms with Gasteiger partial charge < -0.3 is 19.1 Å². The summed E-state index contributed by atoms with van der Waals surface area (Å²) >= 11 is 6.18. The summed E-state index contributed by atoms with van der Waals surface area (Å²) in [6.45, 7) is 2.96. The standard InChI is InChI=1S/C29H30ClN3O2/c1-31-20-25(23-7-3-4-8-26(23)31)24(21-11-13-22(30)14-12-21)19-29(34)33-17-15-32(16-18-33)27-9-5-6-10-28(27)35-2/h3-14,20,24H,15-19H2,1-2H3/t24-/m1/s1. The van der Waals surface area contributed by atoms with E-state index in [1.165, 1.54) is 16.5 Å². The second kappa shape index (κ2) is 10.0. The van der Waals surface area contributed by atoms with Crippen molar-refractivity contribution in [1.29, 1.82) is 0 Å². The SMILES string of the molecule is COc1ccccc1N1CCN(C(=O)C[C@H](c2ccc(Cl)cc2)c2cn(C)c3ccccc23)CC1. The Morgan fingerprint density at radius 3 is 2.37 bits per heavy atom. The predicted octanol–water partition coefficient (Wildman–Crippen LogP) is 5.71. The fourth-order valence-electron chi connectivity index (χ4n) is 5.14. The zero-order valence-electron chi connectivity index (χ0n) is 20.2. The number of nitrogens with zero attached hydrogens (tertiary/aromatic N) is 3. The second-order valence-corrected chi connectivity index (χ2v) is 9.50. The van der Waals surface area contributed by atoms with Gasteiger partial charge in [-0.15, -0.1) is 0 Å². The molecule has 1 atom stereocenters. The number of fused-ring (bicyclic) bond motifs is 1. The number of para-hydroxylation sites is 3. The molecule has 3 aromatic carbocycles. The van der Waals surface area contributed by atoms with E-state index >= 15 is 0 Å². The molecule has 0 radical (unpaired) electrons. The molecule has 0 N–H and O–H groups in total. The second-order valence-electron chi connectivity index (χ2n) is 9.06. The third-order valence-corrected chi connectivity index (χ3v) is 7.26. The number of amides is 1. The van der Waals surface area contributed by atoms with Crippen LogP contribution in [-0.2, 0) is 11.8 Å². The number of aryl methyl sites for hydroxylation is 1. The third kappa shape index (κ3) is 4.73. The molecule has 0 bridgehead atoms. The van der Waals surface area contributed by atoms with Gasteiger partial charge in [-0.1, -0.05) is 54.1 Å². The van der Waals surface area contributed by atoms with Crippen LogP contribution < -0.4 is 9.64 Å². The number of rotatable bonds is 6. The molecule has 1 amide bonds. The van der Waals surface area contributed by atoms with Crippen LogP contribution in [0, 0.1) is 0 Å². The van der Waals surface area contributed by atoms with Gasteiger partial charge in [0.1, 0.15) is 5.75 Å². The summed E-state index contributed by atoms with van der Waals surface area (Å²) in [7, 11) is 3.76. The maximum Gasteiger partial charge on any atom is 0.223 e. The molecule has 0 spiro atoms. The van der Waals surface area contributed by atoms with Crippen LogP contribution in [0.25, 0.3) is 10.9 Å². The number of ether oxygens (including phenoxy) is 1. The van der Waals surface area contributed by atoms with Gasteiger partial charge in [-0.3, -0.25) is 4.79 Å². The Balaban J connectivity index is 1.37. The Hall–Kier alpha value is -3.44. The molecular formula is C29H30ClN3O2. The summed E-state index contributed by atoms with van der Waals surface area (Å²) in [4.78, 5) is 17.9. The van der Waals surface area contributed by atoms with Gasteiger partial charge >= 0.3 is 0 Å². The molecule has 1 aliphatic heterocycles. The van der Waals surface area contributed by atoms with Crippen molar-refractivity contribution in [1.82, 2.24) is 9.47 Å². The van der Waals surface area contributed by atoms with Gasteiger partial charge in [-0.05, 0) is 41.5 Å². The number of carbonyl (C=O) groups is 1. The minimum absolute atomic E-state index is 0.0434. The van der Waals surface area contributed by atoms with Crippen molar-refractivity contribution >= 4 is 34.1 Å². The molecule has 2 heterocycles. The number of methoxy groups -OCH3 is 1. The lowest BCUT2D eigenvalue weighted by Crippen LogP contribution is -2.49. The van der Waals surface area contributed by atoms with Gasteiger partial charge in [-0.25, -0.2) is 0 Å². The van der Waals surface area contributed by atoms with E-state index in [-0.39, 0.29) is 11.8 Å². The van der Waals surface area contributed by atoms with E-state index < -0.39 is 0 Å². The van der Waals surface area contributed by atoms with E-state index in [1.54, 1.807) is 7.11 Å². The van der Waals surface area contributed by atoms with Gasteiger partial charge in [0.2, 0.25) is 5.91 Å². The van der Waals surface area contributed by atoms with Gasteiger partial charge in [0.15, 0.2) is 0 Å². The fourth-order valence-corrected chi connectivity index (χ4v) is 5.27. The fraction of sp³-hybridized carbons (Fsp3) is 0.276. The van der Waals surface area contributed by atoms with E-state index in [1.807, 2.05) is 47.4 Å². The number of aromatic nitrogens is 1. The maximum absolute atomic E-state index is 13.6. The van der Waals surface area contributed by atoms with Crippen LogP contribution >= 0.6 is 11.6 Å². The molecule has 6 heteroatoms. The number of benzene rings is 3. The van der Waals surface area contributed by atoms with Crippen molar-refractivity contribution in [3.8, 4) is 5.75 Å². The predicted molar refractivity (Wildman–Crippen MR) is 143 cm³/mol. The Bertz CT molecular complexity index is 1320. The quantitative estimate of drug-likeness (QED) is 0.349. The monoisotopic (exact) mass is 487 g/mol. The topological polar surface area (TPSA) is 37.7 Å². The van der Waals surface area contributed by atoms with Crippen LogP contribution in [0.3, 0.4) is 0 Å². The van der Waals surface area contributed by atoms with Crippen molar-refractivity contribution in [2.24, 2.45) is 7.05 Å². The average Bonchev–Trinajstić information content (AvgIpc) is 3.24. The Labute approximate surface area is 211 Å². The molecule has 180 valence electrons. The van der Waals surface area contributed by atoms with Crippen LogP contribution in [0.15, 0.2) is 79.0 Å². The number of hydrogen-bond acceptors (Lipinski definition) is 3. The van der Waals surface area contributed by atoms with Gasteiger partial charge in [0, 0.05) is 67.7 Å². The van der Waals surface area contributed by atoms with Crippen molar-refractivity contribution in [3.63, 3.8) is 0 Å². The Morgan fingerprint density at radius 1 is 0.943 bits per heavy atom. The molecule has 1 saturated heterocycles. The summed E-state index contributed by atoms with van der Waals surface area (Å²) in [5.74, 6) is 1.00. The van der Waals surface area contributed by atoms with Gasteiger partial charge in [-0.2, -0.15) is 0 Å². The van der Waals surface area contributed by atoms with Gasteiger partial charge in [0.25, 0.3) is 0 Å². The van der Waals surface area contributed by atoms with Crippen LogP contribution in [0.5, 0.6) is 5.75 Å². The minimum atomic E-state index is -0.0434. The van der Waals surface area contributed by atoms with Gasteiger partial charge in [0.05, 0.1) is 12.8 Å². The zero-order chi connectivity index (χ0) is 24.4. The number of halogens is 1. The molecule has 0 aliphatic carbocycles. The van der Waals surface area contributed by atoms with Crippen molar-refractivity contribution in [2.75, 3.05) is 38.2 Å². The number of piperazine rings is 1. The average molecular weight is 488 g/mol. The number of hydrogen-bond donors (Lipinski definition) is 0. The molecule has 5 nitrogen and oxygen atoms in total. The normalized spacial score (nSPS) is 14.8. The van der Waals surface area contributed by atoms with E-state index in [0.717, 1.165) is 30.1 Å². The maximum atomic E-state index is 13.6. The summed E-state index contributed by atoms with van der Waals surface area (Å²) in [6, 6.07) is 24.3. The van der Waals surface area contributed by atoms with Crippen molar-refractivity contribution in [2.45, 2.75) is 12.3 Å². The first-order chi connectivity index (χ1) is 17.0. The number of carbonyl (C=O) groups excluding carboxylic acids is 1. The Kier molecular flexibility index (Phi) is 6.69. The molecule has 1 fully saturated rings. The van der Waals surface area contributed by atoms with E-state index in [4.69, 9.17) is 16.3 Å². The lowest BCUT2D eigenvalue weighted by molar-refractivity contribution is -0.131. The lowest BCUT2D eigenvalue weighted by Gasteiger charge is -2.37. The van der Waals surface area contributed by atoms with Crippen molar-refractivity contribution in [3.05, 3.63) is 95.1 Å². The van der Waals surface area contributed by atoms with Crippen LogP contribution in [0.4, 0.5) is 5.69 Å².